The lowest BCUT2D eigenvalue weighted by molar-refractivity contribution is 0.253. The van der Waals surface area contributed by atoms with E-state index < -0.39 is 0 Å². The lowest BCUT2D eigenvalue weighted by Gasteiger charge is -2.25. The minimum Gasteiger partial charge on any atom is -0.399 e. The van der Waals surface area contributed by atoms with Gasteiger partial charge in [0.1, 0.15) is 0 Å². The lowest BCUT2D eigenvalue weighted by atomic mass is 10.0. The number of fused-ring (bicyclic) bond motifs is 1. The topological polar surface area (TPSA) is 29.3 Å². The van der Waals surface area contributed by atoms with Crippen molar-refractivity contribution in [3.63, 3.8) is 0 Å². The average Bonchev–Trinajstić information content (AvgIpc) is 2.94. The molecule has 21 heavy (non-hydrogen) atoms. The molecule has 110 valence electrons. The van der Waals surface area contributed by atoms with Gasteiger partial charge in [-0.2, -0.15) is 0 Å². The molecule has 0 heterocycles. The Morgan fingerprint density at radius 2 is 1.90 bits per heavy atom. The van der Waals surface area contributed by atoms with Gasteiger partial charge in [-0.1, -0.05) is 30.3 Å². The van der Waals surface area contributed by atoms with E-state index in [4.69, 9.17) is 5.73 Å². The highest BCUT2D eigenvalue weighted by atomic mass is 15.1. The van der Waals surface area contributed by atoms with Gasteiger partial charge in [0, 0.05) is 18.3 Å². The predicted molar refractivity (Wildman–Crippen MR) is 89.2 cm³/mol. The molecule has 1 aliphatic rings. The lowest BCUT2D eigenvalue weighted by Crippen LogP contribution is -2.22. The fourth-order valence-corrected chi connectivity index (χ4v) is 3.22. The first-order valence-corrected chi connectivity index (χ1v) is 7.80. The molecule has 2 heteroatoms. The maximum absolute atomic E-state index is 5.89. The summed E-state index contributed by atoms with van der Waals surface area (Å²) >= 11 is 0. The standard InChI is InChI=1S/C19H24N2/c1-14(17-6-4-8-19(20)12-17)21(2)13-15-9-10-16-5-3-7-18(16)11-15/h4,6,8-12,14H,3,5,7,13,20H2,1-2H3. The molecule has 2 aromatic carbocycles. The predicted octanol–water partition coefficient (Wildman–Crippen LogP) is 3.95. The number of nitrogens with two attached hydrogens (primary N) is 1. The van der Waals surface area contributed by atoms with Gasteiger partial charge in [0.2, 0.25) is 0 Å². The fourth-order valence-electron chi connectivity index (χ4n) is 3.22. The third kappa shape index (κ3) is 3.11. The van der Waals surface area contributed by atoms with E-state index in [-0.39, 0.29) is 0 Å². The highest BCUT2D eigenvalue weighted by Crippen LogP contribution is 2.26. The van der Waals surface area contributed by atoms with Crippen molar-refractivity contribution >= 4 is 5.69 Å². The maximum Gasteiger partial charge on any atom is 0.0321 e. The Kier molecular flexibility index (Phi) is 3.98. The molecule has 0 saturated carbocycles. The van der Waals surface area contributed by atoms with Crippen molar-refractivity contribution in [2.24, 2.45) is 0 Å². The minimum absolute atomic E-state index is 0.363. The number of nitrogens with zero attached hydrogens (tertiary/aromatic N) is 1. The van der Waals surface area contributed by atoms with E-state index in [1.807, 2.05) is 12.1 Å². The van der Waals surface area contributed by atoms with E-state index in [9.17, 15) is 0 Å². The van der Waals surface area contributed by atoms with Crippen molar-refractivity contribution in [1.29, 1.82) is 0 Å². The normalized spacial score (nSPS) is 15.2. The van der Waals surface area contributed by atoms with Gasteiger partial charge in [-0.05, 0) is 67.6 Å². The van der Waals surface area contributed by atoms with Crippen molar-refractivity contribution in [2.45, 2.75) is 38.8 Å². The quantitative estimate of drug-likeness (QED) is 0.859. The third-order valence-electron chi connectivity index (χ3n) is 4.65. The molecule has 0 fully saturated rings. The zero-order valence-electron chi connectivity index (χ0n) is 13.0. The number of anilines is 1. The molecule has 0 aromatic heterocycles. The summed E-state index contributed by atoms with van der Waals surface area (Å²) in [6.07, 6.45) is 3.82. The molecule has 0 amide bonds. The molecule has 0 saturated heterocycles. The Bertz CT molecular complexity index is 633. The zero-order valence-corrected chi connectivity index (χ0v) is 13.0. The van der Waals surface area contributed by atoms with E-state index in [1.54, 1.807) is 11.1 Å². The van der Waals surface area contributed by atoms with Crippen molar-refractivity contribution in [1.82, 2.24) is 4.90 Å². The molecule has 0 spiro atoms. The fraction of sp³-hybridized carbons (Fsp3) is 0.368. The molecule has 1 aliphatic carbocycles. The van der Waals surface area contributed by atoms with Gasteiger partial charge in [0.25, 0.3) is 0 Å². The van der Waals surface area contributed by atoms with Gasteiger partial charge < -0.3 is 5.73 Å². The van der Waals surface area contributed by atoms with Crippen LogP contribution in [0.5, 0.6) is 0 Å². The van der Waals surface area contributed by atoms with Crippen LogP contribution in [0.15, 0.2) is 42.5 Å². The van der Waals surface area contributed by atoms with E-state index in [0.29, 0.717) is 6.04 Å². The monoisotopic (exact) mass is 280 g/mol. The summed E-state index contributed by atoms with van der Waals surface area (Å²) in [4.78, 5) is 2.38. The molecule has 0 aliphatic heterocycles. The van der Waals surface area contributed by atoms with Crippen molar-refractivity contribution in [3.8, 4) is 0 Å². The first kappa shape index (κ1) is 14.2. The van der Waals surface area contributed by atoms with Crippen LogP contribution in [0, 0.1) is 0 Å². The number of aryl methyl sites for hydroxylation is 2. The van der Waals surface area contributed by atoms with Crippen LogP contribution in [0.2, 0.25) is 0 Å². The molecular formula is C19H24N2. The summed E-state index contributed by atoms with van der Waals surface area (Å²) in [5.74, 6) is 0. The van der Waals surface area contributed by atoms with Gasteiger partial charge >= 0.3 is 0 Å². The molecule has 2 N–H and O–H groups in total. The molecule has 2 nitrogen and oxygen atoms in total. The molecule has 3 rings (SSSR count). The number of hydrogen-bond donors (Lipinski definition) is 1. The van der Waals surface area contributed by atoms with E-state index in [1.165, 1.54) is 30.4 Å². The SMILES string of the molecule is CC(c1cccc(N)c1)N(C)Cc1ccc2c(c1)CCC2. The zero-order chi connectivity index (χ0) is 14.8. The minimum atomic E-state index is 0.363. The second-order valence-corrected chi connectivity index (χ2v) is 6.22. The van der Waals surface area contributed by atoms with Gasteiger partial charge in [-0.3, -0.25) is 4.90 Å². The Labute approximate surface area is 127 Å². The summed E-state index contributed by atoms with van der Waals surface area (Å²) < 4.78 is 0. The van der Waals surface area contributed by atoms with Crippen LogP contribution in [0.25, 0.3) is 0 Å². The second-order valence-electron chi connectivity index (χ2n) is 6.22. The second kappa shape index (κ2) is 5.90. The molecule has 0 radical (unpaired) electrons. The van der Waals surface area contributed by atoms with Crippen LogP contribution in [-0.4, -0.2) is 11.9 Å². The molecule has 1 atom stereocenters. The van der Waals surface area contributed by atoms with Crippen LogP contribution in [0.3, 0.4) is 0 Å². The maximum atomic E-state index is 5.89. The first-order valence-electron chi connectivity index (χ1n) is 7.80. The third-order valence-corrected chi connectivity index (χ3v) is 4.65. The summed E-state index contributed by atoms with van der Waals surface area (Å²) in [6, 6.07) is 15.6. The van der Waals surface area contributed by atoms with E-state index in [0.717, 1.165) is 12.2 Å². The summed E-state index contributed by atoms with van der Waals surface area (Å²) in [5.41, 5.74) is 12.5. The Morgan fingerprint density at radius 3 is 2.71 bits per heavy atom. The van der Waals surface area contributed by atoms with E-state index in [2.05, 4.69) is 49.2 Å². The highest BCUT2D eigenvalue weighted by molar-refractivity contribution is 5.41. The largest absolute Gasteiger partial charge is 0.399 e. The van der Waals surface area contributed by atoms with Crippen molar-refractivity contribution in [3.05, 3.63) is 64.7 Å². The summed E-state index contributed by atoms with van der Waals surface area (Å²) in [5, 5.41) is 0. The molecule has 0 bridgehead atoms. The van der Waals surface area contributed by atoms with Crippen molar-refractivity contribution in [2.75, 3.05) is 12.8 Å². The molecular weight excluding hydrogens is 256 g/mol. The van der Waals surface area contributed by atoms with Crippen LogP contribution in [-0.2, 0) is 19.4 Å². The Morgan fingerprint density at radius 1 is 1.10 bits per heavy atom. The van der Waals surface area contributed by atoms with Crippen LogP contribution in [0.4, 0.5) is 5.69 Å². The van der Waals surface area contributed by atoms with Gasteiger partial charge in [0.05, 0.1) is 0 Å². The number of hydrogen-bond acceptors (Lipinski definition) is 2. The van der Waals surface area contributed by atoms with Crippen molar-refractivity contribution < 1.29 is 0 Å². The Balaban J connectivity index is 1.72. The number of nitrogen functional groups attached to an aromatic ring is 1. The molecule has 1 unspecified atom stereocenters. The van der Waals surface area contributed by atoms with Gasteiger partial charge in [-0.15, -0.1) is 0 Å². The van der Waals surface area contributed by atoms with Crippen LogP contribution in [0.1, 0.15) is 41.6 Å². The average molecular weight is 280 g/mol. The first-order chi connectivity index (χ1) is 10.1. The summed E-state index contributed by atoms with van der Waals surface area (Å²) in [7, 11) is 2.18. The Hall–Kier alpha value is -1.80. The summed E-state index contributed by atoms with van der Waals surface area (Å²) in [6.45, 7) is 3.21. The van der Waals surface area contributed by atoms with Crippen LogP contribution < -0.4 is 5.73 Å². The van der Waals surface area contributed by atoms with Gasteiger partial charge in [0.15, 0.2) is 0 Å². The number of benzene rings is 2. The van der Waals surface area contributed by atoms with E-state index >= 15 is 0 Å². The number of rotatable bonds is 4. The smallest absolute Gasteiger partial charge is 0.0321 e. The highest BCUT2D eigenvalue weighted by Gasteiger charge is 2.14. The van der Waals surface area contributed by atoms with Crippen LogP contribution >= 0.6 is 0 Å². The van der Waals surface area contributed by atoms with Gasteiger partial charge in [-0.25, -0.2) is 0 Å². The molecule has 2 aromatic rings.